The molecule has 2 heterocycles. The molecular formula is C21H23NO5. The first-order valence-electron chi connectivity index (χ1n) is 9.14. The Labute approximate surface area is 158 Å². The van der Waals surface area contributed by atoms with Crippen molar-refractivity contribution >= 4 is 5.97 Å². The van der Waals surface area contributed by atoms with Crippen LogP contribution in [0, 0.1) is 5.92 Å². The highest BCUT2D eigenvalue weighted by atomic mass is 16.7. The fraction of sp³-hybridized carbons (Fsp3) is 0.381. The first-order chi connectivity index (χ1) is 13.2. The maximum absolute atomic E-state index is 12.8. The van der Waals surface area contributed by atoms with Crippen LogP contribution in [0.5, 0.6) is 17.2 Å². The van der Waals surface area contributed by atoms with Crippen molar-refractivity contribution in [3.63, 3.8) is 0 Å². The molecule has 0 bridgehead atoms. The molecule has 2 aromatic rings. The van der Waals surface area contributed by atoms with Crippen LogP contribution in [0.15, 0.2) is 42.5 Å². The minimum atomic E-state index is -0.321. The van der Waals surface area contributed by atoms with Crippen molar-refractivity contribution < 1.29 is 23.7 Å². The Kier molecular flexibility index (Phi) is 4.90. The van der Waals surface area contributed by atoms with Gasteiger partial charge in [0.25, 0.3) is 0 Å². The average molecular weight is 369 g/mol. The van der Waals surface area contributed by atoms with Gasteiger partial charge in [-0.1, -0.05) is 18.2 Å². The van der Waals surface area contributed by atoms with E-state index in [4.69, 9.17) is 18.9 Å². The molecule has 1 N–H and O–H groups in total. The van der Waals surface area contributed by atoms with E-state index in [2.05, 4.69) is 5.32 Å². The predicted molar refractivity (Wildman–Crippen MR) is 99.2 cm³/mol. The second kappa shape index (κ2) is 7.48. The normalized spacial score (nSPS) is 23.3. The third kappa shape index (κ3) is 3.32. The number of methoxy groups -OCH3 is 1. The summed E-state index contributed by atoms with van der Waals surface area (Å²) >= 11 is 0. The second-order valence-electron chi connectivity index (χ2n) is 6.66. The monoisotopic (exact) mass is 369 g/mol. The van der Waals surface area contributed by atoms with Gasteiger partial charge >= 0.3 is 5.97 Å². The molecule has 0 aliphatic carbocycles. The van der Waals surface area contributed by atoms with Crippen LogP contribution in [0.25, 0.3) is 0 Å². The molecule has 3 atom stereocenters. The van der Waals surface area contributed by atoms with Crippen LogP contribution in [0.1, 0.15) is 30.0 Å². The summed E-state index contributed by atoms with van der Waals surface area (Å²) in [5, 5.41) is 3.50. The van der Waals surface area contributed by atoms with E-state index in [1.165, 1.54) is 0 Å². The Morgan fingerprint density at radius 2 is 1.85 bits per heavy atom. The molecule has 0 unspecified atom stereocenters. The number of carbonyl (C=O) groups excluding carboxylic acids is 1. The van der Waals surface area contributed by atoms with Crippen LogP contribution >= 0.6 is 0 Å². The largest absolute Gasteiger partial charge is 0.497 e. The number of hydrogen-bond acceptors (Lipinski definition) is 6. The lowest BCUT2D eigenvalue weighted by molar-refractivity contribution is -0.148. The lowest BCUT2D eigenvalue weighted by Crippen LogP contribution is -2.27. The number of rotatable bonds is 5. The molecule has 0 amide bonds. The highest BCUT2D eigenvalue weighted by Crippen LogP contribution is 2.43. The molecule has 27 heavy (non-hydrogen) atoms. The van der Waals surface area contributed by atoms with Crippen LogP contribution in [-0.4, -0.2) is 33.0 Å². The van der Waals surface area contributed by atoms with Crippen molar-refractivity contribution in [1.29, 1.82) is 0 Å². The zero-order valence-electron chi connectivity index (χ0n) is 15.4. The number of esters is 1. The van der Waals surface area contributed by atoms with E-state index in [1.807, 2.05) is 49.4 Å². The van der Waals surface area contributed by atoms with Gasteiger partial charge in [0.05, 0.1) is 19.6 Å². The van der Waals surface area contributed by atoms with Crippen LogP contribution in [0.3, 0.4) is 0 Å². The Morgan fingerprint density at radius 1 is 1.11 bits per heavy atom. The molecular weight excluding hydrogens is 346 g/mol. The number of hydrogen-bond donors (Lipinski definition) is 1. The van der Waals surface area contributed by atoms with Gasteiger partial charge in [0.1, 0.15) is 5.75 Å². The molecule has 1 fully saturated rings. The molecule has 0 aromatic heterocycles. The van der Waals surface area contributed by atoms with Gasteiger partial charge < -0.3 is 24.3 Å². The summed E-state index contributed by atoms with van der Waals surface area (Å²) in [6, 6.07) is 13.6. The number of nitrogens with one attached hydrogen (secondary N) is 1. The van der Waals surface area contributed by atoms with Crippen LogP contribution in [0.2, 0.25) is 0 Å². The van der Waals surface area contributed by atoms with E-state index in [0.717, 1.165) is 28.4 Å². The van der Waals surface area contributed by atoms with E-state index < -0.39 is 0 Å². The zero-order chi connectivity index (χ0) is 18.8. The summed E-state index contributed by atoms with van der Waals surface area (Å²) in [7, 11) is 1.64. The molecule has 0 radical (unpaired) electrons. The summed E-state index contributed by atoms with van der Waals surface area (Å²) < 4.78 is 21.6. The Morgan fingerprint density at radius 3 is 2.59 bits per heavy atom. The van der Waals surface area contributed by atoms with Crippen molar-refractivity contribution in [2.24, 2.45) is 5.92 Å². The molecule has 4 rings (SSSR count). The SMILES string of the molecule is CCOC(=O)[C@@H]1[C@H](c2ccc3c(c2)OCO3)CN[C@H]1c1ccc(OC)cc1. The van der Waals surface area contributed by atoms with Crippen LogP contribution in [-0.2, 0) is 9.53 Å². The van der Waals surface area contributed by atoms with E-state index in [0.29, 0.717) is 13.2 Å². The Balaban J connectivity index is 1.66. The number of benzene rings is 2. The highest BCUT2D eigenvalue weighted by Gasteiger charge is 2.43. The topological polar surface area (TPSA) is 66.0 Å². The number of ether oxygens (including phenoxy) is 4. The van der Waals surface area contributed by atoms with Crippen molar-refractivity contribution in [1.82, 2.24) is 5.32 Å². The first-order valence-corrected chi connectivity index (χ1v) is 9.14. The Hall–Kier alpha value is -2.73. The third-order valence-corrected chi connectivity index (χ3v) is 5.21. The summed E-state index contributed by atoms with van der Waals surface area (Å²) in [5.41, 5.74) is 2.08. The molecule has 2 aliphatic heterocycles. The smallest absolute Gasteiger partial charge is 0.311 e. The van der Waals surface area contributed by atoms with Gasteiger partial charge in [-0.2, -0.15) is 0 Å². The zero-order valence-corrected chi connectivity index (χ0v) is 15.4. The van der Waals surface area contributed by atoms with E-state index >= 15 is 0 Å². The van der Waals surface area contributed by atoms with Crippen molar-refractivity contribution in [2.75, 3.05) is 27.1 Å². The van der Waals surface area contributed by atoms with E-state index in [1.54, 1.807) is 7.11 Å². The van der Waals surface area contributed by atoms with Gasteiger partial charge in [-0.05, 0) is 42.3 Å². The van der Waals surface area contributed by atoms with Crippen molar-refractivity contribution in [3.8, 4) is 17.2 Å². The molecule has 1 saturated heterocycles. The molecule has 0 spiro atoms. The predicted octanol–water partition coefficient (Wildman–Crippen LogP) is 3.03. The van der Waals surface area contributed by atoms with Gasteiger partial charge in [0, 0.05) is 18.5 Å². The van der Waals surface area contributed by atoms with E-state index in [9.17, 15) is 4.79 Å². The minimum Gasteiger partial charge on any atom is -0.497 e. The van der Waals surface area contributed by atoms with Crippen LogP contribution < -0.4 is 19.5 Å². The number of carbonyl (C=O) groups is 1. The van der Waals surface area contributed by atoms with Gasteiger partial charge in [0.2, 0.25) is 6.79 Å². The fourth-order valence-corrected chi connectivity index (χ4v) is 3.88. The molecule has 2 aromatic carbocycles. The molecule has 142 valence electrons. The molecule has 2 aliphatic rings. The lowest BCUT2D eigenvalue weighted by Gasteiger charge is -2.23. The fourth-order valence-electron chi connectivity index (χ4n) is 3.88. The van der Waals surface area contributed by atoms with E-state index in [-0.39, 0.29) is 30.6 Å². The van der Waals surface area contributed by atoms with Crippen LogP contribution in [0.4, 0.5) is 0 Å². The van der Waals surface area contributed by atoms with Crippen molar-refractivity contribution in [2.45, 2.75) is 18.9 Å². The van der Waals surface area contributed by atoms with Crippen molar-refractivity contribution in [3.05, 3.63) is 53.6 Å². The molecule has 6 nitrogen and oxygen atoms in total. The minimum absolute atomic E-state index is 0.00866. The van der Waals surface area contributed by atoms with Gasteiger partial charge in [-0.15, -0.1) is 0 Å². The third-order valence-electron chi connectivity index (χ3n) is 5.21. The molecule has 6 heteroatoms. The second-order valence-corrected chi connectivity index (χ2v) is 6.66. The first kappa shape index (κ1) is 17.7. The Bertz CT molecular complexity index is 820. The maximum atomic E-state index is 12.8. The standard InChI is InChI=1S/C21H23NO5/c1-3-25-21(23)19-16(14-6-9-17-18(10-14)27-12-26-17)11-22-20(19)13-4-7-15(24-2)8-5-13/h4-10,16,19-20,22H,3,11-12H2,1-2H3/t16-,19+,20-/m0/s1. The summed E-state index contributed by atoms with van der Waals surface area (Å²) in [5.74, 6) is 1.74. The lowest BCUT2D eigenvalue weighted by atomic mass is 9.83. The van der Waals surface area contributed by atoms with Gasteiger partial charge in [0.15, 0.2) is 11.5 Å². The molecule has 0 saturated carbocycles. The summed E-state index contributed by atoms with van der Waals surface area (Å²) in [6.07, 6.45) is 0. The quantitative estimate of drug-likeness (QED) is 0.818. The summed E-state index contributed by atoms with van der Waals surface area (Å²) in [4.78, 5) is 12.8. The summed E-state index contributed by atoms with van der Waals surface area (Å²) in [6.45, 7) is 3.11. The van der Waals surface area contributed by atoms with Gasteiger partial charge in [-0.25, -0.2) is 0 Å². The number of fused-ring (bicyclic) bond motifs is 1. The van der Waals surface area contributed by atoms with Gasteiger partial charge in [-0.3, -0.25) is 4.79 Å². The average Bonchev–Trinajstić information content (AvgIpc) is 3.34. The maximum Gasteiger partial charge on any atom is 0.311 e. The highest BCUT2D eigenvalue weighted by molar-refractivity contribution is 5.76.